The first-order valence-electron chi connectivity index (χ1n) is 4.92. The Balaban J connectivity index is 2.16. The summed E-state index contributed by atoms with van der Waals surface area (Å²) in [5, 5.41) is 13.3. The molecule has 1 atom stereocenters. The second-order valence-corrected chi connectivity index (χ2v) is 4.72. The topological polar surface area (TPSA) is 41.6 Å². The average molecular weight is 323 g/mol. The van der Waals surface area contributed by atoms with Crippen molar-refractivity contribution in [2.24, 2.45) is 0 Å². The maximum atomic E-state index is 9.15. The van der Waals surface area contributed by atoms with Gasteiger partial charge in [-0.15, -0.1) is 0 Å². The number of aromatic nitrogens is 2. The van der Waals surface area contributed by atoms with Gasteiger partial charge in [-0.1, -0.05) is 30.3 Å². The molecule has 0 aliphatic carbocycles. The molecule has 1 aromatic heterocycles. The SMILES string of the molecule is N#CC(Cn1cc(I)cn1)c1ccccc1. The number of halogens is 1. The summed E-state index contributed by atoms with van der Waals surface area (Å²) in [5.41, 5.74) is 1.04. The van der Waals surface area contributed by atoms with E-state index in [2.05, 4.69) is 33.8 Å². The van der Waals surface area contributed by atoms with Crippen LogP contribution in [-0.4, -0.2) is 9.78 Å². The van der Waals surface area contributed by atoms with Crippen LogP contribution in [0.2, 0.25) is 0 Å². The van der Waals surface area contributed by atoms with Crippen molar-refractivity contribution < 1.29 is 0 Å². The van der Waals surface area contributed by atoms with Gasteiger partial charge in [0.2, 0.25) is 0 Å². The molecule has 0 fully saturated rings. The smallest absolute Gasteiger partial charge is 0.0908 e. The molecule has 1 heterocycles. The molecule has 0 radical (unpaired) electrons. The predicted octanol–water partition coefficient (Wildman–Crippen LogP) is 2.80. The fourth-order valence-electron chi connectivity index (χ4n) is 1.53. The Morgan fingerprint density at radius 2 is 2.12 bits per heavy atom. The summed E-state index contributed by atoms with van der Waals surface area (Å²) in [6.45, 7) is 0.601. The minimum absolute atomic E-state index is 0.142. The normalized spacial score (nSPS) is 12.0. The van der Waals surface area contributed by atoms with Crippen LogP contribution in [0.3, 0.4) is 0 Å². The fourth-order valence-corrected chi connectivity index (χ4v) is 1.98. The van der Waals surface area contributed by atoms with Crippen LogP contribution in [0.4, 0.5) is 0 Å². The van der Waals surface area contributed by atoms with Crippen LogP contribution in [0.25, 0.3) is 0 Å². The van der Waals surface area contributed by atoms with Crippen molar-refractivity contribution in [3.8, 4) is 6.07 Å². The van der Waals surface area contributed by atoms with Gasteiger partial charge in [0.15, 0.2) is 0 Å². The maximum Gasteiger partial charge on any atom is 0.0908 e. The number of rotatable bonds is 3. The summed E-state index contributed by atoms with van der Waals surface area (Å²) in [7, 11) is 0. The molecule has 2 aromatic rings. The van der Waals surface area contributed by atoms with Crippen LogP contribution < -0.4 is 0 Å². The Morgan fingerprint density at radius 3 is 2.69 bits per heavy atom. The van der Waals surface area contributed by atoms with E-state index in [9.17, 15) is 0 Å². The third-order valence-electron chi connectivity index (χ3n) is 2.33. The Kier molecular flexibility index (Phi) is 3.57. The van der Waals surface area contributed by atoms with Gasteiger partial charge in [-0.3, -0.25) is 4.68 Å². The first kappa shape index (κ1) is 11.1. The summed E-state index contributed by atoms with van der Waals surface area (Å²) < 4.78 is 2.89. The van der Waals surface area contributed by atoms with E-state index in [4.69, 9.17) is 5.26 Å². The van der Waals surface area contributed by atoms with E-state index in [1.165, 1.54) is 0 Å². The number of hydrogen-bond donors (Lipinski definition) is 0. The summed E-state index contributed by atoms with van der Waals surface area (Å²) in [6, 6.07) is 12.1. The summed E-state index contributed by atoms with van der Waals surface area (Å²) in [6.07, 6.45) is 3.73. The zero-order valence-electron chi connectivity index (χ0n) is 8.55. The molecule has 0 saturated carbocycles. The molecule has 1 unspecified atom stereocenters. The van der Waals surface area contributed by atoms with E-state index in [-0.39, 0.29) is 5.92 Å². The third kappa shape index (κ3) is 2.61. The maximum absolute atomic E-state index is 9.15. The van der Waals surface area contributed by atoms with Gasteiger partial charge in [-0.25, -0.2) is 0 Å². The fraction of sp³-hybridized carbons (Fsp3) is 0.167. The highest BCUT2D eigenvalue weighted by Crippen LogP contribution is 2.16. The summed E-state index contributed by atoms with van der Waals surface area (Å²) >= 11 is 2.21. The van der Waals surface area contributed by atoms with Crippen molar-refractivity contribution in [1.82, 2.24) is 9.78 Å². The van der Waals surface area contributed by atoms with Gasteiger partial charge in [0.05, 0.1) is 28.3 Å². The Morgan fingerprint density at radius 1 is 1.38 bits per heavy atom. The van der Waals surface area contributed by atoms with Gasteiger partial charge >= 0.3 is 0 Å². The first-order valence-corrected chi connectivity index (χ1v) is 6.00. The zero-order valence-corrected chi connectivity index (χ0v) is 10.7. The zero-order chi connectivity index (χ0) is 11.4. The quantitative estimate of drug-likeness (QED) is 0.815. The first-order chi connectivity index (χ1) is 7.79. The van der Waals surface area contributed by atoms with Crippen LogP contribution in [-0.2, 0) is 6.54 Å². The van der Waals surface area contributed by atoms with Gasteiger partial charge in [-0.2, -0.15) is 10.4 Å². The van der Waals surface area contributed by atoms with E-state index >= 15 is 0 Å². The van der Waals surface area contributed by atoms with Crippen molar-refractivity contribution in [2.45, 2.75) is 12.5 Å². The lowest BCUT2D eigenvalue weighted by molar-refractivity contribution is 0.578. The lowest BCUT2D eigenvalue weighted by Crippen LogP contribution is -2.07. The van der Waals surface area contributed by atoms with Crippen molar-refractivity contribution in [3.05, 3.63) is 51.9 Å². The van der Waals surface area contributed by atoms with Crippen LogP contribution in [0.1, 0.15) is 11.5 Å². The molecule has 0 amide bonds. The van der Waals surface area contributed by atoms with Crippen molar-refractivity contribution in [2.75, 3.05) is 0 Å². The average Bonchev–Trinajstić information content (AvgIpc) is 2.73. The van der Waals surface area contributed by atoms with E-state index in [0.29, 0.717) is 6.54 Å². The molecule has 1 aromatic carbocycles. The van der Waals surface area contributed by atoms with Crippen LogP contribution in [0, 0.1) is 14.9 Å². The molecule has 2 rings (SSSR count). The number of hydrogen-bond acceptors (Lipinski definition) is 2. The van der Waals surface area contributed by atoms with E-state index in [0.717, 1.165) is 9.13 Å². The lowest BCUT2D eigenvalue weighted by atomic mass is 10.0. The standard InChI is InChI=1S/C12H10IN3/c13-12-7-15-16(9-12)8-11(6-14)10-4-2-1-3-5-10/h1-5,7,9,11H,8H2. The number of benzene rings is 1. The monoisotopic (exact) mass is 323 g/mol. The largest absolute Gasteiger partial charge is 0.270 e. The highest BCUT2D eigenvalue weighted by Gasteiger charge is 2.11. The molecule has 4 heteroatoms. The summed E-state index contributed by atoms with van der Waals surface area (Å²) in [4.78, 5) is 0. The molecular formula is C12H10IN3. The van der Waals surface area contributed by atoms with Gasteiger partial charge < -0.3 is 0 Å². The molecule has 0 bridgehead atoms. The minimum Gasteiger partial charge on any atom is -0.270 e. The number of nitriles is 1. The predicted molar refractivity (Wildman–Crippen MR) is 69.7 cm³/mol. The third-order valence-corrected chi connectivity index (χ3v) is 2.89. The van der Waals surface area contributed by atoms with Gasteiger partial charge in [-0.05, 0) is 28.2 Å². The highest BCUT2D eigenvalue weighted by atomic mass is 127. The van der Waals surface area contributed by atoms with E-state index in [1.54, 1.807) is 6.20 Å². The van der Waals surface area contributed by atoms with Crippen LogP contribution in [0.5, 0.6) is 0 Å². The van der Waals surface area contributed by atoms with Crippen molar-refractivity contribution in [1.29, 1.82) is 5.26 Å². The van der Waals surface area contributed by atoms with Crippen molar-refractivity contribution in [3.63, 3.8) is 0 Å². The highest BCUT2D eigenvalue weighted by molar-refractivity contribution is 14.1. The molecule has 0 spiro atoms. The molecule has 80 valence electrons. The molecule has 0 saturated heterocycles. The van der Waals surface area contributed by atoms with Crippen LogP contribution in [0.15, 0.2) is 42.7 Å². The lowest BCUT2D eigenvalue weighted by Gasteiger charge is -2.08. The Bertz CT molecular complexity index is 498. The minimum atomic E-state index is -0.142. The van der Waals surface area contributed by atoms with Gasteiger partial charge in [0.1, 0.15) is 0 Å². The number of nitrogens with zero attached hydrogens (tertiary/aromatic N) is 3. The Hall–Kier alpha value is -1.35. The second kappa shape index (κ2) is 5.12. The Labute approximate surface area is 108 Å². The molecular weight excluding hydrogens is 313 g/mol. The molecule has 3 nitrogen and oxygen atoms in total. The van der Waals surface area contributed by atoms with Gasteiger partial charge in [0.25, 0.3) is 0 Å². The van der Waals surface area contributed by atoms with E-state index in [1.807, 2.05) is 41.2 Å². The molecule has 16 heavy (non-hydrogen) atoms. The van der Waals surface area contributed by atoms with Crippen LogP contribution >= 0.6 is 22.6 Å². The van der Waals surface area contributed by atoms with Gasteiger partial charge in [0, 0.05) is 6.20 Å². The molecule has 0 aliphatic heterocycles. The molecule has 0 N–H and O–H groups in total. The summed E-state index contributed by atoms with van der Waals surface area (Å²) in [5.74, 6) is -0.142. The van der Waals surface area contributed by atoms with E-state index < -0.39 is 0 Å². The second-order valence-electron chi connectivity index (χ2n) is 3.47. The van der Waals surface area contributed by atoms with Crippen molar-refractivity contribution >= 4 is 22.6 Å². The molecule has 0 aliphatic rings.